The predicted octanol–water partition coefficient (Wildman–Crippen LogP) is 5.86. The van der Waals surface area contributed by atoms with Crippen LogP contribution in [0.2, 0.25) is 0 Å². The summed E-state index contributed by atoms with van der Waals surface area (Å²) in [6, 6.07) is 18.4. The van der Waals surface area contributed by atoms with Crippen LogP contribution in [0.3, 0.4) is 0 Å². The van der Waals surface area contributed by atoms with Gasteiger partial charge >= 0.3 is 0 Å². The van der Waals surface area contributed by atoms with Gasteiger partial charge in [0.15, 0.2) is 0 Å². The number of hydrogen-bond acceptors (Lipinski definition) is 0. The molecule has 2 unspecified atom stereocenters. The summed E-state index contributed by atoms with van der Waals surface area (Å²) in [5.74, 6) is 2.25. The van der Waals surface area contributed by atoms with Crippen molar-refractivity contribution in [3.63, 3.8) is 0 Å². The number of hydrogen-bond donors (Lipinski definition) is 0. The molecule has 4 rings (SSSR count). The van der Waals surface area contributed by atoms with Gasteiger partial charge in [-0.1, -0.05) is 55.5 Å². The largest absolute Gasteiger partial charge is 0.0620 e. The second-order valence-electron chi connectivity index (χ2n) is 7.25. The third-order valence-electron chi connectivity index (χ3n) is 6.10. The lowest BCUT2D eigenvalue weighted by Gasteiger charge is -2.38. The fourth-order valence-corrected chi connectivity index (χ4v) is 4.96. The molecule has 2 aliphatic rings. The molecule has 0 nitrogen and oxygen atoms in total. The normalized spacial score (nSPS) is 25.1. The van der Waals surface area contributed by atoms with Crippen molar-refractivity contribution < 1.29 is 0 Å². The second kappa shape index (κ2) is 5.91. The molecule has 0 saturated carbocycles. The fourth-order valence-electron chi connectivity index (χ4n) is 4.96. The Bertz CT molecular complexity index is 597. The summed E-state index contributed by atoms with van der Waals surface area (Å²) < 4.78 is 0. The number of fused-ring (bicyclic) bond motifs is 2. The maximum atomic E-state index is 2.51. The lowest BCUT2D eigenvalue weighted by molar-refractivity contribution is 0.320. The quantitative estimate of drug-likeness (QED) is 0.649. The highest BCUT2D eigenvalue weighted by molar-refractivity contribution is 5.37. The van der Waals surface area contributed by atoms with Crippen molar-refractivity contribution in [1.29, 1.82) is 0 Å². The minimum absolute atomic E-state index is 0.751. The van der Waals surface area contributed by atoms with E-state index in [1.54, 1.807) is 22.3 Å². The lowest BCUT2D eigenvalue weighted by atomic mass is 9.67. The van der Waals surface area contributed by atoms with E-state index in [9.17, 15) is 0 Å². The van der Waals surface area contributed by atoms with Crippen molar-refractivity contribution in [3.05, 3.63) is 70.8 Å². The van der Waals surface area contributed by atoms with Gasteiger partial charge in [0.25, 0.3) is 0 Å². The van der Waals surface area contributed by atoms with Crippen molar-refractivity contribution in [2.45, 2.75) is 57.3 Å². The van der Waals surface area contributed by atoms with Crippen LogP contribution in [0.15, 0.2) is 48.5 Å². The molecular weight excluding hydrogens is 264 g/mol. The van der Waals surface area contributed by atoms with Gasteiger partial charge in [-0.25, -0.2) is 0 Å². The molecule has 0 N–H and O–H groups in total. The average molecular weight is 290 g/mol. The maximum Gasteiger partial charge on any atom is -0.0128 e. The summed E-state index contributed by atoms with van der Waals surface area (Å²) in [5, 5.41) is 0. The Morgan fingerprint density at radius 2 is 1.18 bits per heavy atom. The fraction of sp³-hybridized carbons (Fsp3) is 0.455. The lowest BCUT2D eigenvalue weighted by Crippen LogP contribution is -2.24. The van der Waals surface area contributed by atoms with Crippen LogP contribution in [-0.4, -0.2) is 0 Å². The van der Waals surface area contributed by atoms with Gasteiger partial charge < -0.3 is 0 Å². The van der Waals surface area contributed by atoms with Crippen LogP contribution in [0, 0.1) is 5.92 Å². The second-order valence-corrected chi connectivity index (χ2v) is 7.25. The Morgan fingerprint density at radius 3 is 1.68 bits per heavy atom. The van der Waals surface area contributed by atoms with Gasteiger partial charge in [0.1, 0.15) is 0 Å². The Hall–Kier alpha value is -1.56. The zero-order chi connectivity index (χ0) is 14.9. The van der Waals surface area contributed by atoms with E-state index in [2.05, 4.69) is 55.5 Å². The summed E-state index contributed by atoms with van der Waals surface area (Å²) >= 11 is 0. The van der Waals surface area contributed by atoms with Crippen molar-refractivity contribution >= 4 is 0 Å². The Balaban J connectivity index is 1.68. The zero-order valence-corrected chi connectivity index (χ0v) is 13.6. The van der Waals surface area contributed by atoms with Crippen LogP contribution in [-0.2, 0) is 12.8 Å². The number of benzene rings is 2. The van der Waals surface area contributed by atoms with Crippen LogP contribution in [0.4, 0.5) is 0 Å². The first-order valence-corrected chi connectivity index (χ1v) is 9.00. The third kappa shape index (κ3) is 2.39. The Kier molecular flexibility index (Phi) is 3.78. The van der Waals surface area contributed by atoms with Gasteiger partial charge in [0.2, 0.25) is 0 Å². The van der Waals surface area contributed by atoms with E-state index >= 15 is 0 Å². The molecule has 0 amide bonds. The molecular formula is C22H26. The van der Waals surface area contributed by atoms with Crippen molar-refractivity contribution in [1.82, 2.24) is 0 Å². The van der Waals surface area contributed by atoms with E-state index in [-0.39, 0.29) is 0 Å². The van der Waals surface area contributed by atoms with Crippen molar-refractivity contribution in [2.24, 2.45) is 5.92 Å². The van der Waals surface area contributed by atoms with Crippen molar-refractivity contribution in [2.75, 3.05) is 0 Å². The van der Waals surface area contributed by atoms with Crippen LogP contribution >= 0.6 is 0 Å². The molecule has 114 valence electrons. The molecule has 0 spiro atoms. The van der Waals surface area contributed by atoms with E-state index < -0.39 is 0 Å². The first-order chi connectivity index (χ1) is 10.8. The minimum Gasteiger partial charge on any atom is -0.0620 e. The molecule has 0 aromatic heterocycles. The van der Waals surface area contributed by atoms with Gasteiger partial charge in [-0.05, 0) is 78.5 Å². The summed E-state index contributed by atoms with van der Waals surface area (Å²) in [5.41, 5.74) is 6.50. The van der Waals surface area contributed by atoms with Crippen molar-refractivity contribution in [3.8, 4) is 0 Å². The maximum absolute atomic E-state index is 2.51. The topological polar surface area (TPSA) is 0 Å². The van der Waals surface area contributed by atoms with Crippen LogP contribution in [0.1, 0.15) is 66.7 Å². The summed E-state index contributed by atoms with van der Waals surface area (Å²) in [7, 11) is 0. The SMILES string of the molecule is CC(C1CCCc2ccccc21)C1CCCc2ccccc21. The molecule has 0 fully saturated rings. The monoisotopic (exact) mass is 290 g/mol. The number of aryl methyl sites for hydroxylation is 2. The van der Waals surface area contributed by atoms with E-state index in [4.69, 9.17) is 0 Å². The Labute approximate surface area is 134 Å². The average Bonchev–Trinajstić information content (AvgIpc) is 2.60. The van der Waals surface area contributed by atoms with E-state index in [0.717, 1.165) is 17.8 Å². The van der Waals surface area contributed by atoms with Gasteiger partial charge in [-0.15, -0.1) is 0 Å². The minimum atomic E-state index is 0.751. The molecule has 2 aromatic carbocycles. The van der Waals surface area contributed by atoms with Crippen LogP contribution in [0.25, 0.3) is 0 Å². The zero-order valence-electron chi connectivity index (χ0n) is 13.6. The van der Waals surface area contributed by atoms with Crippen LogP contribution < -0.4 is 0 Å². The Morgan fingerprint density at radius 1 is 0.727 bits per heavy atom. The van der Waals surface area contributed by atoms with E-state index in [1.165, 1.54) is 38.5 Å². The molecule has 0 heteroatoms. The van der Waals surface area contributed by atoms with Gasteiger partial charge in [-0.3, -0.25) is 0 Å². The molecule has 0 aliphatic heterocycles. The summed E-state index contributed by atoms with van der Waals surface area (Å²) in [6.45, 7) is 2.51. The van der Waals surface area contributed by atoms with Gasteiger partial charge in [-0.2, -0.15) is 0 Å². The molecule has 2 aromatic rings. The molecule has 22 heavy (non-hydrogen) atoms. The highest BCUT2D eigenvalue weighted by atomic mass is 14.4. The molecule has 2 aliphatic carbocycles. The highest BCUT2D eigenvalue weighted by Gasteiger charge is 2.32. The van der Waals surface area contributed by atoms with E-state index in [1.807, 2.05) is 0 Å². The standard InChI is InChI=1S/C22H26/c1-16(19-14-6-10-17-8-2-4-12-21(17)19)20-15-7-11-18-9-3-5-13-22(18)20/h2-5,8-9,12-13,16,19-20H,6-7,10-11,14-15H2,1H3. The number of rotatable bonds is 2. The van der Waals surface area contributed by atoms with Gasteiger partial charge in [0.05, 0.1) is 0 Å². The molecule has 0 bridgehead atoms. The smallest absolute Gasteiger partial charge is 0.0128 e. The third-order valence-corrected chi connectivity index (χ3v) is 6.10. The summed E-state index contributed by atoms with van der Waals surface area (Å²) in [6.07, 6.45) is 8.02. The molecule has 0 heterocycles. The molecule has 0 saturated heterocycles. The first kappa shape index (κ1) is 14.1. The van der Waals surface area contributed by atoms with Crippen LogP contribution in [0.5, 0.6) is 0 Å². The highest BCUT2D eigenvalue weighted by Crippen LogP contribution is 2.46. The van der Waals surface area contributed by atoms with Gasteiger partial charge in [0, 0.05) is 0 Å². The predicted molar refractivity (Wildman–Crippen MR) is 93.4 cm³/mol. The first-order valence-electron chi connectivity index (χ1n) is 9.00. The van der Waals surface area contributed by atoms with E-state index in [0.29, 0.717) is 0 Å². The summed E-state index contributed by atoms with van der Waals surface area (Å²) in [4.78, 5) is 0. The molecule has 2 atom stereocenters. The molecule has 0 radical (unpaired) electrons.